The van der Waals surface area contributed by atoms with E-state index in [2.05, 4.69) is 5.32 Å². The molecule has 0 fully saturated rings. The molecule has 11 heavy (non-hydrogen) atoms. The van der Waals surface area contributed by atoms with Crippen molar-refractivity contribution < 1.29 is 4.79 Å². The van der Waals surface area contributed by atoms with E-state index >= 15 is 0 Å². The Morgan fingerprint density at radius 3 is 2.55 bits per heavy atom. The molecule has 58 valence electrons. The summed E-state index contributed by atoms with van der Waals surface area (Å²) in [5, 5.41) is 2.68. The maximum atomic E-state index is 10.1. The van der Waals surface area contributed by atoms with Crippen molar-refractivity contribution in [2.45, 2.75) is 13.0 Å². The van der Waals surface area contributed by atoms with Gasteiger partial charge in [-0.05, 0) is 12.5 Å². The molecule has 2 nitrogen and oxygen atoms in total. The molecule has 2 heteroatoms. The first kappa shape index (κ1) is 7.79. The third-order valence-corrected chi connectivity index (χ3v) is 1.62. The number of benzene rings is 1. The summed E-state index contributed by atoms with van der Waals surface area (Å²) in [5.41, 5.74) is 1.12. The van der Waals surface area contributed by atoms with E-state index in [1.54, 1.807) is 0 Å². The predicted octanol–water partition coefficient (Wildman–Crippen LogP) is 1.49. The van der Waals surface area contributed by atoms with Crippen LogP contribution in [0.4, 0.5) is 0 Å². The Kier molecular flexibility index (Phi) is 2.66. The van der Waals surface area contributed by atoms with Crippen molar-refractivity contribution in [3.05, 3.63) is 35.9 Å². The number of nitrogens with one attached hydrogen (secondary N) is 1. The van der Waals surface area contributed by atoms with E-state index in [4.69, 9.17) is 0 Å². The second kappa shape index (κ2) is 3.76. The molecular formula is C9H11NO. The Bertz CT molecular complexity index is 220. The van der Waals surface area contributed by atoms with Gasteiger partial charge in [0.25, 0.3) is 0 Å². The smallest absolute Gasteiger partial charge is 0.207 e. The SMILES string of the molecule is C[C@@H](NC=O)c1ccccc1. The Labute approximate surface area is 66.2 Å². The first-order chi connectivity index (χ1) is 5.34. The van der Waals surface area contributed by atoms with Crippen molar-refractivity contribution in [2.24, 2.45) is 0 Å². The third kappa shape index (κ3) is 2.08. The van der Waals surface area contributed by atoms with Crippen molar-refractivity contribution >= 4 is 6.41 Å². The zero-order valence-corrected chi connectivity index (χ0v) is 6.45. The lowest BCUT2D eigenvalue weighted by atomic mass is 10.1. The van der Waals surface area contributed by atoms with Crippen molar-refractivity contribution in [1.29, 1.82) is 0 Å². The number of carbonyl (C=O) groups excluding carboxylic acids is 1. The van der Waals surface area contributed by atoms with Gasteiger partial charge in [-0.15, -0.1) is 0 Å². The summed E-state index contributed by atoms with van der Waals surface area (Å²) in [5.74, 6) is 0. The normalized spacial score (nSPS) is 12.1. The highest BCUT2D eigenvalue weighted by Crippen LogP contribution is 2.09. The van der Waals surface area contributed by atoms with Crippen molar-refractivity contribution in [3.63, 3.8) is 0 Å². The molecule has 0 saturated heterocycles. The summed E-state index contributed by atoms with van der Waals surface area (Å²) in [6, 6.07) is 9.95. The topological polar surface area (TPSA) is 29.1 Å². The molecule has 0 aromatic heterocycles. The van der Waals surface area contributed by atoms with E-state index in [1.165, 1.54) is 0 Å². The maximum Gasteiger partial charge on any atom is 0.207 e. The zero-order chi connectivity index (χ0) is 8.10. The van der Waals surface area contributed by atoms with Gasteiger partial charge < -0.3 is 5.32 Å². The molecule has 0 aliphatic carbocycles. The second-order valence-corrected chi connectivity index (χ2v) is 2.42. The van der Waals surface area contributed by atoms with Crippen molar-refractivity contribution in [3.8, 4) is 0 Å². The minimum Gasteiger partial charge on any atom is -0.352 e. The summed E-state index contributed by atoms with van der Waals surface area (Å²) in [6.45, 7) is 1.95. The molecule has 1 rings (SSSR count). The van der Waals surface area contributed by atoms with E-state index < -0.39 is 0 Å². The third-order valence-electron chi connectivity index (χ3n) is 1.62. The average Bonchev–Trinajstić information content (AvgIpc) is 2.07. The van der Waals surface area contributed by atoms with Crippen LogP contribution in [0, 0.1) is 0 Å². The number of hydrogen-bond donors (Lipinski definition) is 1. The van der Waals surface area contributed by atoms with Gasteiger partial charge in [-0.1, -0.05) is 30.3 Å². The molecule has 1 aromatic rings. The fourth-order valence-corrected chi connectivity index (χ4v) is 0.940. The van der Waals surface area contributed by atoms with Gasteiger partial charge >= 0.3 is 0 Å². The number of rotatable bonds is 3. The van der Waals surface area contributed by atoms with Crippen LogP contribution in [0.1, 0.15) is 18.5 Å². The average molecular weight is 149 g/mol. The minimum atomic E-state index is 0.105. The number of carbonyl (C=O) groups is 1. The first-order valence-corrected chi connectivity index (χ1v) is 3.59. The van der Waals surface area contributed by atoms with E-state index in [0.29, 0.717) is 0 Å². The lowest BCUT2D eigenvalue weighted by Gasteiger charge is -2.08. The van der Waals surface area contributed by atoms with Crippen molar-refractivity contribution in [1.82, 2.24) is 5.32 Å². The van der Waals surface area contributed by atoms with Crippen LogP contribution in [-0.4, -0.2) is 6.41 Å². The molecular weight excluding hydrogens is 138 g/mol. The van der Waals surface area contributed by atoms with Gasteiger partial charge in [0.2, 0.25) is 6.41 Å². The Hall–Kier alpha value is -1.31. The molecule has 0 saturated carbocycles. The predicted molar refractivity (Wildman–Crippen MR) is 44.1 cm³/mol. The zero-order valence-electron chi connectivity index (χ0n) is 6.45. The maximum absolute atomic E-state index is 10.1. The summed E-state index contributed by atoms with van der Waals surface area (Å²) in [7, 11) is 0. The summed E-state index contributed by atoms with van der Waals surface area (Å²) in [6.07, 6.45) is 0.720. The molecule has 0 bridgehead atoms. The van der Waals surface area contributed by atoms with Crippen LogP contribution < -0.4 is 5.32 Å². The van der Waals surface area contributed by atoms with Gasteiger partial charge in [0.15, 0.2) is 0 Å². The molecule has 1 amide bonds. The van der Waals surface area contributed by atoms with Gasteiger partial charge in [0.05, 0.1) is 6.04 Å². The highest BCUT2D eigenvalue weighted by atomic mass is 16.1. The van der Waals surface area contributed by atoms with Crippen molar-refractivity contribution in [2.75, 3.05) is 0 Å². The van der Waals surface area contributed by atoms with Gasteiger partial charge in [-0.2, -0.15) is 0 Å². The number of amides is 1. The molecule has 0 aliphatic heterocycles. The number of hydrogen-bond acceptors (Lipinski definition) is 1. The molecule has 0 unspecified atom stereocenters. The lowest BCUT2D eigenvalue weighted by Crippen LogP contribution is -2.15. The molecule has 0 radical (unpaired) electrons. The molecule has 0 heterocycles. The Morgan fingerprint density at radius 1 is 1.36 bits per heavy atom. The lowest BCUT2D eigenvalue weighted by molar-refractivity contribution is -0.110. The summed E-state index contributed by atoms with van der Waals surface area (Å²) < 4.78 is 0. The van der Waals surface area contributed by atoms with Crippen LogP contribution in [0.5, 0.6) is 0 Å². The quantitative estimate of drug-likeness (QED) is 0.648. The van der Waals surface area contributed by atoms with Crippen LogP contribution in [0.25, 0.3) is 0 Å². The van der Waals surface area contributed by atoms with E-state index in [9.17, 15) is 4.79 Å². The van der Waals surface area contributed by atoms with E-state index in [-0.39, 0.29) is 6.04 Å². The fraction of sp³-hybridized carbons (Fsp3) is 0.222. The molecule has 1 atom stereocenters. The van der Waals surface area contributed by atoms with E-state index in [1.807, 2.05) is 37.3 Å². The monoisotopic (exact) mass is 149 g/mol. The van der Waals surface area contributed by atoms with Crippen LogP contribution >= 0.6 is 0 Å². The van der Waals surface area contributed by atoms with E-state index in [0.717, 1.165) is 12.0 Å². The molecule has 0 aliphatic rings. The van der Waals surface area contributed by atoms with Crippen LogP contribution in [-0.2, 0) is 4.79 Å². The Morgan fingerprint density at radius 2 is 2.00 bits per heavy atom. The highest BCUT2D eigenvalue weighted by Gasteiger charge is 1.99. The Balaban J connectivity index is 2.68. The summed E-state index contributed by atoms with van der Waals surface area (Å²) in [4.78, 5) is 10.1. The van der Waals surface area contributed by atoms with Crippen LogP contribution in [0.15, 0.2) is 30.3 Å². The first-order valence-electron chi connectivity index (χ1n) is 3.59. The highest BCUT2D eigenvalue weighted by molar-refractivity contribution is 5.47. The second-order valence-electron chi connectivity index (χ2n) is 2.42. The largest absolute Gasteiger partial charge is 0.352 e. The van der Waals surface area contributed by atoms with Crippen LogP contribution in [0.3, 0.4) is 0 Å². The molecule has 1 N–H and O–H groups in total. The molecule has 0 spiro atoms. The van der Waals surface area contributed by atoms with Gasteiger partial charge in [-0.25, -0.2) is 0 Å². The fourth-order valence-electron chi connectivity index (χ4n) is 0.940. The van der Waals surface area contributed by atoms with Gasteiger partial charge in [-0.3, -0.25) is 4.79 Å². The minimum absolute atomic E-state index is 0.105. The van der Waals surface area contributed by atoms with Gasteiger partial charge in [0.1, 0.15) is 0 Å². The van der Waals surface area contributed by atoms with Crippen LogP contribution in [0.2, 0.25) is 0 Å². The molecule has 1 aromatic carbocycles. The standard InChI is InChI=1S/C9H11NO/c1-8(10-7-11)9-5-3-2-4-6-9/h2-8H,1H3,(H,10,11)/t8-/m1/s1. The van der Waals surface area contributed by atoms with Gasteiger partial charge in [0, 0.05) is 0 Å². The summed E-state index contributed by atoms with van der Waals surface area (Å²) >= 11 is 0.